The van der Waals surface area contributed by atoms with E-state index in [0.717, 1.165) is 24.2 Å². The molecule has 0 saturated heterocycles. The molecule has 5 heteroatoms. The Morgan fingerprint density at radius 1 is 1.14 bits per heavy atom. The summed E-state index contributed by atoms with van der Waals surface area (Å²) in [5.41, 5.74) is 1.87. The van der Waals surface area contributed by atoms with Gasteiger partial charge < -0.3 is 15.1 Å². The first-order valence-corrected chi connectivity index (χ1v) is 7.16. The summed E-state index contributed by atoms with van der Waals surface area (Å²) in [6.07, 6.45) is 0.892. The molecule has 1 rings (SSSR count). The molecule has 1 aromatic carbocycles. The average Bonchev–Trinajstić information content (AvgIpc) is 2.41. The first kappa shape index (κ1) is 17.2. The van der Waals surface area contributed by atoms with E-state index in [1.54, 1.807) is 0 Å². The van der Waals surface area contributed by atoms with Gasteiger partial charge in [-0.3, -0.25) is 9.59 Å². The van der Waals surface area contributed by atoms with E-state index in [1.165, 1.54) is 11.8 Å². The van der Waals surface area contributed by atoms with Crippen LogP contribution in [0.15, 0.2) is 24.3 Å². The van der Waals surface area contributed by atoms with Crippen LogP contribution >= 0.6 is 0 Å². The smallest absolute Gasteiger partial charge is 0.240 e. The molecule has 0 aliphatic rings. The van der Waals surface area contributed by atoms with Crippen LogP contribution in [0.2, 0.25) is 0 Å². The number of carbonyl (C=O) groups is 2. The Balaban J connectivity index is 2.53. The number of nitrogens with one attached hydrogen (secondary N) is 1. The molecule has 0 heterocycles. The Bertz CT molecular complexity index is 469. The molecular weight excluding hydrogens is 266 g/mol. The fourth-order valence-corrected chi connectivity index (χ4v) is 1.93. The second-order valence-corrected chi connectivity index (χ2v) is 5.45. The van der Waals surface area contributed by atoms with Gasteiger partial charge in [-0.15, -0.1) is 0 Å². The summed E-state index contributed by atoms with van der Waals surface area (Å²) in [7, 11) is 3.99. The molecule has 0 spiro atoms. The monoisotopic (exact) mass is 291 g/mol. The Hall–Kier alpha value is -1.88. The van der Waals surface area contributed by atoms with Crippen molar-refractivity contribution >= 4 is 17.5 Å². The third-order valence-electron chi connectivity index (χ3n) is 3.13. The van der Waals surface area contributed by atoms with Crippen molar-refractivity contribution in [2.24, 2.45) is 0 Å². The van der Waals surface area contributed by atoms with Gasteiger partial charge in [0.2, 0.25) is 11.8 Å². The van der Waals surface area contributed by atoms with Crippen LogP contribution < -0.4 is 10.2 Å². The van der Waals surface area contributed by atoms with E-state index >= 15 is 0 Å². The molecule has 1 aromatic rings. The standard InChI is InChI=1S/C16H25N3O2/c1-13-6-8-15(9-7-13)19(14(2)20)12-16(21)17-10-5-11-18(3)4/h6-9H,5,10-12H2,1-4H3,(H,17,21). The maximum atomic E-state index is 11.9. The number of rotatable bonds is 7. The number of anilines is 1. The minimum atomic E-state index is -0.137. The number of nitrogens with zero attached hydrogens (tertiary/aromatic N) is 2. The van der Waals surface area contributed by atoms with Gasteiger partial charge in [-0.25, -0.2) is 0 Å². The van der Waals surface area contributed by atoms with Crippen LogP contribution in [0.4, 0.5) is 5.69 Å². The zero-order chi connectivity index (χ0) is 15.8. The minimum absolute atomic E-state index is 0.0559. The highest BCUT2D eigenvalue weighted by molar-refractivity contribution is 5.97. The summed E-state index contributed by atoms with van der Waals surface area (Å²) in [6, 6.07) is 7.58. The van der Waals surface area contributed by atoms with Crippen LogP contribution in [0, 0.1) is 6.92 Å². The van der Waals surface area contributed by atoms with Gasteiger partial charge in [0.15, 0.2) is 0 Å². The molecule has 116 valence electrons. The second-order valence-electron chi connectivity index (χ2n) is 5.45. The molecule has 0 atom stereocenters. The Morgan fingerprint density at radius 2 is 1.76 bits per heavy atom. The highest BCUT2D eigenvalue weighted by atomic mass is 16.2. The number of hydrogen-bond acceptors (Lipinski definition) is 3. The van der Waals surface area contributed by atoms with Crippen LogP contribution in [0.1, 0.15) is 18.9 Å². The molecular formula is C16H25N3O2. The van der Waals surface area contributed by atoms with E-state index in [9.17, 15) is 9.59 Å². The summed E-state index contributed by atoms with van der Waals surface area (Å²) < 4.78 is 0. The number of hydrogen-bond donors (Lipinski definition) is 1. The lowest BCUT2D eigenvalue weighted by Crippen LogP contribution is -2.40. The molecule has 0 bridgehead atoms. The van der Waals surface area contributed by atoms with Crippen LogP contribution in [-0.4, -0.2) is 50.4 Å². The Morgan fingerprint density at radius 3 is 2.29 bits per heavy atom. The van der Waals surface area contributed by atoms with Crippen LogP contribution in [0.3, 0.4) is 0 Å². The predicted octanol–water partition coefficient (Wildman–Crippen LogP) is 1.42. The normalized spacial score (nSPS) is 10.5. The van der Waals surface area contributed by atoms with E-state index in [2.05, 4.69) is 10.2 Å². The highest BCUT2D eigenvalue weighted by Gasteiger charge is 2.15. The van der Waals surface area contributed by atoms with Crippen molar-refractivity contribution in [3.63, 3.8) is 0 Å². The number of benzene rings is 1. The zero-order valence-corrected chi connectivity index (χ0v) is 13.3. The van der Waals surface area contributed by atoms with Gasteiger partial charge in [-0.2, -0.15) is 0 Å². The molecule has 0 saturated carbocycles. The molecule has 1 N–H and O–H groups in total. The molecule has 0 unspecified atom stereocenters. The lowest BCUT2D eigenvalue weighted by molar-refractivity contribution is -0.123. The van der Waals surface area contributed by atoms with Crippen LogP contribution in [0.25, 0.3) is 0 Å². The van der Waals surface area contributed by atoms with Crippen molar-refractivity contribution in [2.75, 3.05) is 38.6 Å². The Kier molecular flexibility index (Phi) is 6.88. The van der Waals surface area contributed by atoms with E-state index in [4.69, 9.17) is 0 Å². The van der Waals surface area contributed by atoms with Gasteiger partial charge in [0, 0.05) is 19.2 Å². The summed E-state index contributed by atoms with van der Waals surface area (Å²) in [6.45, 7) is 5.06. The molecule has 21 heavy (non-hydrogen) atoms. The highest BCUT2D eigenvalue weighted by Crippen LogP contribution is 2.14. The van der Waals surface area contributed by atoms with Gasteiger partial charge in [-0.1, -0.05) is 17.7 Å². The van der Waals surface area contributed by atoms with Gasteiger partial charge in [-0.05, 0) is 46.1 Å². The Labute approximate surface area is 126 Å². The van der Waals surface area contributed by atoms with Gasteiger partial charge in [0.25, 0.3) is 0 Å². The molecule has 0 aliphatic heterocycles. The van der Waals surface area contributed by atoms with Crippen molar-refractivity contribution in [1.29, 1.82) is 0 Å². The van der Waals surface area contributed by atoms with E-state index < -0.39 is 0 Å². The maximum absolute atomic E-state index is 11.9. The quantitative estimate of drug-likeness (QED) is 0.773. The molecule has 0 aliphatic carbocycles. The summed E-state index contributed by atoms with van der Waals surface area (Å²) in [5, 5.41) is 2.85. The third kappa shape index (κ3) is 6.40. The first-order valence-electron chi connectivity index (χ1n) is 7.16. The zero-order valence-electron chi connectivity index (χ0n) is 13.3. The van der Waals surface area contributed by atoms with E-state index in [-0.39, 0.29) is 18.4 Å². The molecule has 2 amide bonds. The van der Waals surface area contributed by atoms with E-state index in [0.29, 0.717) is 6.54 Å². The van der Waals surface area contributed by atoms with Gasteiger partial charge in [0.1, 0.15) is 6.54 Å². The molecule has 0 aromatic heterocycles. The van der Waals surface area contributed by atoms with Gasteiger partial charge >= 0.3 is 0 Å². The van der Waals surface area contributed by atoms with Crippen molar-refractivity contribution in [1.82, 2.24) is 10.2 Å². The second kappa shape index (κ2) is 8.42. The van der Waals surface area contributed by atoms with E-state index in [1.807, 2.05) is 45.3 Å². The van der Waals surface area contributed by atoms with Crippen molar-refractivity contribution in [3.8, 4) is 0 Å². The van der Waals surface area contributed by atoms with Crippen molar-refractivity contribution in [3.05, 3.63) is 29.8 Å². The fraction of sp³-hybridized carbons (Fsp3) is 0.500. The third-order valence-corrected chi connectivity index (χ3v) is 3.13. The fourth-order valence-electron chi connectivity index (χ4n) is 1.93. The average molecular weight is 291 g/mol. The maximum Gasteiger partial charge on any atom is 0.240 e. The lowest BCUT2D eigenvalue weighted by Gasteiger charge is -2.21. The van der Waals surface area contributed by atoms with Gasteiger partial charge in [0.05, 0.1) is 0 Å². The summed E-state index contributed by atoms with van der Waals surface area (Å²) in [4.78, 5) is 27.2. The molecule has 5 nitrogen and oxygen atoms in total. The SMILES string of the molecule is CC(=O)N(CC(=O)NCCCN(C)C)c1ccc(C)cc1. The largest absolute Gasteiger partial charge is 0.355 e. The summed E-state index contributed by atoms with van der Waals surface area (Å²) >= 11 is 0. The predicted molar refractivity (Wildman–Crippen MR) is 85.4 cm³/mol. The van der Waals surface area contributed by atoms with Crippen LogP contribution in [0.5, 0.6) is 0 Å². The number of amides is 2. The summed E-state index contributed by atoms with van der Waals surface area (Å²) in [5.74, 6) is -0.271. The lowest BCUT2D eigenvalue weighted by atomic mass is 10.2. The van der Waals surface area contributed by atoms with Crippen molar-refractivity contribution < 1.29 is 9.59 Å². The number of carbonyl (C=O) groups excluding carboxylic acids is 2. The van der Waals surface area contributed by atoms with Crippen LogP contribution in [-0.2, 0) is 9.59 Å². The topological polar surface area (TPSA) is 52.7 Å². The van der Waals surface area contributed by atoms with Crippen molar-refractivity contribution in [2.45, 2.75) is 20.3 Å². The molecule has 0 fully saturated rings. The minimum Gasteiger partial charge on any atom is -0.355 e. The first-order chi connectivity index (χ1) is 9.90. The molecule has 0 radical (unpaired) electrons. The number of aryl methyl sites for hydroxylation is 1.